The van der Waals surface area contributed by atoms with Gasteiger partial charge in [-0.15, -0.1) is 0 Å². The molecule has 0 spiro atoms. The molecule has 8 nitrogen and oxygen atoms in total. The Kier molecular flexibility index (Phi) is 10.7. The van der Waals surface area contributed by atoms with Crippen LogP contribution in [-0.2, 0) is 14.3 Å². The minimum absolute atomic E-state index is 0.00868. The first-order chi connectivity index (χ1) is 14.0. The maximum Gasteiger partial charge on any atom is 0.243 e. The van der Waals surface area contributed by atoms with E-state index in [-0.39, 0.29) is 17.9 Å². The number of hydrogen-bond acceptors (Lipinski definition) is 5. The molecule has 0 aromatic heterocycles. The molecule has 2 aliphatic rings. The van der Waals surface area contributed by atoms with Gasteiger partial charge in [-0.1, -0.05) is 12.8 Å². The Bertz CT molecular complexity index is 501. The molecule has 29 heavy (non-hydrogen) atoms. The van der Waals surface area contributed by atoms with E-state index in [0.717, 1.165) is 71.3 Å². The lowest BCUT2D eigenvalue weighted by Gasteiger charge is -2.30. The summed E-state index contributed by atoms with van der Waals surface area (Å²) in [6, 6.07) is 0. The number of morpholine rings is 1. The third-order valence-corrected chi connectivity index (χ3v) is 6.05. The van der Waals surface area contributed by atoms with Gasteiger partial charge in [0.25, 0.3) is 0 Å². The molecule has 1 amide bonds. The number of nitrogens with zero attached hydrogens (tertiary/aromatic N) is 3. The van der Waals surface area contributed by atoms with Crippen LogP contribution in [0, 0.1) is 5.41 Å². The van der Waals surface area contributed by atoms with E-state index in [1.54, 1.807) is 26.1 Å². The monoisotopic (exact) mass is 411 g/mol. The number of methoxy groups -OCH3 is 1. The minimum atomic E-state index is 0.00868. The van der Waals surface area contributed by atoms with Crippen molar-refractivity contribution in [3.63, 3.8) is 0 Å². The molecule has 1 aliphatic carbocycles. The van der Waals surface area contributed by atoms with Crippen molar-refractivity contribution in [3.05, 3.63) is 0 Å². The van der Waals surface area contributed by atoms with Gasteiger partial charge in [0, 0.05) is 54.0 Å². The summed E-state index contributed by atoms with van der Waals surface area (Å²) in [5.41, 5.74) is 0.276. The third-order valence-electron chi connectivity index (χ3n) is 6.05. The molecule has 2 rings (SSSR count). The summed E-state index contributed by atoms with van der Waals surface area (Å²) in [7, 11) is 5.30. The molecule has 1 saturated heterocycles. The predicted molar refractivity (Wildman–Crippen MR) is 116 cm³/mol. The number of aliphatic imine (C=N–C) groups is 1. The molecule has 0 aromatic carbocycles. The second-order valence-electron chi connectivity index (χ2n) is 8.49. The lowest BCUT2D eigenvalue weighted by atomic mass is 9.83. The second kappa shape index (κ2) is 13.0. The Balaban J connectivity index is 1.84. The highest BCUT2D eigenvalue weighted by atomic mass is 16.5. The average molecular weight is 412 g/mol. The SMILES string of the molecule is COCCC1(CNC(=NCC(=O)N(C)C)NCCCN2CCOCC2)CCCC1. The van der Waals surface area contributed by atoms with Crippen molar-refractivity contribution in [1.29, 1.82) is 0 Å². The number of nitrogens with one attached hydrogen (secondary N) is 2. The number of guanidine groups is 1. The third kappa shape index (κ3) is 8.88. The molecule has 0 unspecified atom stereocenters. The van der Waals surface area contributed by atoms with Gasteiger partial charge in [-0.3, -0.25) is 9.69 Å². The highest BCUT2D eigenvalue weighted by molar-refractivity contribution is 5.84. The predicted octanol–water partition coefficient (Wildman–Crippen LogP) is 0.929. The summed E-state index contributed by atoms with van der Waals surface area (Å²) >= 11 is 0. The Hall–Kier alpha value is -1.38. The van der Waals surface area contributed by atoms with Gasteiger partial charge in [0.2, 0.25) is 5.91 Å². The summed E-state index contributed by atoms with van der Waals surface area (Å²) in [4.78, 5) is 20.5. The Morgan fingerprint density at radius 3 is 2.59 bits per heavy atom. The van der Waals surface area contributed by atoms with Crippen molar-refractivity contribution >= 4 is 11.9 Å². The first-order valence-electron chi connectivity index (χ1n) is 11.1. The molecule has 168 valence electrons. The van der Waals surface area contributed by atoms with Crippen molar-refractivity contribution in [2.75, 3.05) is 80.3 Å². The maximum atomic E-state index is 12.0. The van der Waals surface area contributed by atoms with Gasteiger partial charge in [-0.25, -0.2) is 4.99 Å². The van der Waals surface area contributed by atoms with Crippen LogP contribution in [-0.4, -0.2) is 102 Å². The molecule has 8 heteroatoms. The first kappa shape index (κ1) is 23.9. The fourth-order valence-electron chi connectivity index (χ4n) is 4.03. The molecule has 0 radical (unpaired) electrons. The molecule has 2 N–H and O–H groups in total. The fourth-order valence-corrected chi connectivity index (χ4v) is 4.03. The van der Waals surface area contributed by atoms with Crippen LogP contribution in [0.4, 0.5) is 0 Å². The van der Waals surface area contributed by atoms with Gasteiger partial charge in [0.1, 0.15) is 6.54 Å². The standard InChI is InChI=1S/C21H41N5O3/c1-25(2)19(27)17-23-20(22-10-6-11-26-12-15-29-16-13-26)24-18-21(9-14-28-3)7-4-5-8-21/h4-18H2,1-3H3,(H2,22,23,24). The van der Waals surface area contributed by atoms with E-state index >= 15 is 0 Å². The highest BCUT2D eigenvalue weighted by Crippen LogP contribution is 2.40. The molecule has 1 aliphatic heterocycles. The number of carbonyl (C=O) groups excluding carboxylic acids is 1. The van der Waals surface area contributed by atoms with E-state index in [4.69, 9.17) is 9.47 Å². The molecule has 1 saturated carbocycles. The molecule has 2 fully saturated rings. The first-order valence-corrected chi connectivity index (χ1v) is 11.1. The van der Waals surface area contributed by atoms with Crippen molar-refractivity contribution < 1.29 is 14.3 Å². The van der Waals surface area contributed by atoms with Crippen molar-refractivity contribution in [2.24, 2.45) is 10.4 Å². The number of carbonyl (C=O) groups is 1. The van der Waals surface area contributed by atoms with Crippen molar-refractivity contribution in [1.82, 2.24) is 20.4 Å². The van der Waals surface area contributed by atoms with Crippen molar-refractivity contribution in [3.8, 4) is 0 Å². The van der Waals surface area contributed by atoms with Gasteiger partial charge >= 0.3 is 0 Å². The van der Waals surface area contributed by atoms with Gasteiger partial charge < -0.3 is 25.0 Å². The number of rotatable bonds is 11. The van der Waals surface area contributed by atoms with Gasteiger partial charge in [0.05, 0.1) is 13.2 Å². The average Bonchev–Trinajstić information content (AvgIpc) is 3.20. The summed E-state index contributed by atoms with van der Waals surface area (Å²) in [5, 5.41) is 6.95. The Labute approximate surface area is 176 Å². The Morgan fingerprint density at radius 2 is 1.93 bits per heavy atom. The highest BCUT2D eigenvalue weighted by Gasteiger charge is 2.33. The molecule has 0 bridgehead atoms. The van der Waals surface area contributed by atoms with Crippen LogP contribution in [0.25, 0.3) is 0 Å². The molecular weight excluding hydrogens is 370 g/mol. The number of likely N-dealkylation sites (N-methyl/N-ethyl adjacent to an activating group) is 1. The van der Waals surface area contributed by atoms with Crippen LogP contribution < -0.4 is 10.6 Å². The fraction of sp³-hybridized carbons (Fsp3) is 0.905. The van der Waals surface area contributed by atoms with Crippen molar-refractivity contribution in [2.45, 2.75) is 38.5 Å². The largest absolute Gasteiger partial charge is 0.385 e. The number of ether oxygens (including phenoxy) is 2. The summed E-state index contributed by atoms with van der Waals surface area (Å²) < 4.78 is 10.7. The number of hydrogen-bond donors (Lipinski definition) is 2. The summed E-state index contributed by atoms with van der Waals surface area (Å²) in [5.74, 6) is 0.750. The van der Waals surface area contributed by atoms with E-state index in [2.05, 4.69) is 20.5 Å². The summed E-state index contributed by atoms with van der Waals surface area (Å²) in [6.45, 7) is 7.41. The zero-order chi connectivity index (χ0) is 21.0. The quantitative estimate of drug-likeness (QED) is 0.299. The van der Waals surface area contributed by atoms with Gasteiger partial charge in [0.15, 0.2) is 5.96 Å². The molecule has 0 aromatic rings. The van der Waals surface area contributed by atoms with E-state index < -0.39 is 0 Å². The van der Waals surface area contributed by atoms with Crippen LogP contribution >= 0.6 is 0 Å². The molecular formula is C21H41N5O3. The smallest absolute Gasteiger partial charge is 0.243 e. The topological polar surface area (TPSA) is 78.4 Å². The van der Waals surface area contributed by atoms with Crippen LogP contribution in [0.2, 0.25) is 0 Å². The maximum absolute atomic E-state index is 12.0. The van der Waals surface area contributed by atoms with Crippen LogP contribution in [0.3, 0.4) is 0 Å². The van der Waals surface area contributed by atoms with Gasteiger partial charge in [-0.2, -0.15) is 0 Å². The van der Waals surface area contributed by atoms with Gasteiger partial charge in [-0.05, 0) is 37.6 Å². The van der Waals surface area contributed by atoms with Crippen LogP contribution in [0.15, 0.2) is 4.99 Å². The van der Waals surface area contributed by atoms with E-state index in [9.17, 15) is 4.79 Å². The minimum Gasteiger partial charge on any atom is -0.385 e. The summed E-state index contributed by atoms with van der Waals surface area (Å²) in [6.07, 6.45) is 7.12. The van der Waals surface area contributed by atoms with E-state index in [1.165, 1.54) is 25.7 Å². The van der Waals surface area contributed by atoms with Crippen LogP contribution in [0.5, 0.6) is 0 Å². The Morgan fingerprint density at radius 1 is 1.21 bits per heavy atom. The lowest BCUT2D eigenvalue weighted by Crippen LogP contribution is -2.45. The zero-order valence-electron chi connectivity index (χ0n) is 18.7. The van der Waals surface area contributed by atoms with Crippen LogP contribution in [0.1, 0.15) is 38.5 Å². The second-order valence-corrected chi connectivity index (χ2v) is 8.49. The molecule has 1 heterocycles. The zero-order valence-corrected chi connectivity index (χ0v) is 18.7. The molecule has 0 atom stereocenters. The lowest BCUT2D eigenvalue weighted by molar-refractivity contribution is -0.127. The van der Waals surface area contributed by atoms with E-state index in [1.807, 2.05) is 0 Å². The van der Waals surface area contributed by atoms with E-state index in [0.29, 0.717) is 0 Å². The number of amides is 1. The normalized spacial score (nSPS) is 19.9.